The van der Waals surface area contributed by atoms with Gasteiger partial charge in [-0.1, -0.05) is 49.4 Å². The molecule has 1 heterocycles. The zero-order valence-corrected chi connectivity index (χ0v) is 20.0. The quantitative estimate of drug-likeness (QED) is 0.290. The minimum absolute atomic E-state index is 0.180. The predicted octanol–water partition coefficient (Wildman–Crippen LogP) is 7.69. The number of carboxylic acids is 1. The van der Waals surface area contributed by atoms with Gasteiger partial charge in [0.05, 0.1) is 17.8 Å². The Kier molecular flexibility index (Phi) is 6.59. The molecule has 1 aliphatic heterocycles. The maximum atomic E-state index is 14.1. The Hall–Kier alpha value is -3.93. The van der Waals surface area contributed by atoms with E-state index in [0.717, 1.165) is 25.3 Å². The van der Waals surface area contributed by atoms with E-state index in [2.05, 4.69) is 43.3 Å². The summed E-state index contributed by atoms with van der Waals surface area (Å²) < 4.78 is 34.3. The fraction of sp³-hybridized carbons (Fsp3) is 0.233. The Morgan fingerprint density at radius 1 is 1.06 bits per heavy atom. The number of halogens is 2. The molecule has 1 unspecified atom stereocenters. The molecule has 4 aromatic carbocycles. The van der Waals surface area contributed by atoms with Gasteiger partial charge in [-0.05, 0) is 71.8 Å². The summed E-state index contributed by atoms with van der Waals surface area (Å²) in [5.41, 5.74) is 1.89. The second-order valence-corrected chi connectivity index (χ2v) is 9.33. The third-order valence-corrected chi connectivity index (χ3v) is 6.90. The highest BCUT2D eigenvalue weighted by atomic mass is 19.1. The average molecular weight is 488 g/mol. The number of nitrogens with zero attached hydrogens (tertiary/aromatic N) is 1. The number of hydrogen-bond donors (Lipinski definition) is 1. The van der Waals surface area contributed by atoms with Crippen molar-refractivity contribution in [3.05, 3.63) is 102 Å². The zero-order valence-electron chi connectivity index (χ0n) is 20.0. The van der Waals surface area contributed by atoms with Gasteiger partial charge < -0.3 is 14.7 Å². The second-order valence-electron chi connectivity index (χ2n) is 9.33. The summed E-state index contributed by atoms with van der Waals surface area (Å²) >= 11 is 0. The second kappa shape index (κ2) is 9.97. The number of aromatic carboxylic acids is 1. The molecule has 184 valence electrons. The summed E-state index contributed by atoms with van der Waals surface area (Å²) in [6.45, 7) is 2.64. The maximum absolute atomic E-state index is 14.1. The first-order chi connectivity index (χ1) is 17.4. The highest BCUT2D eigenvalue weighted by Gasteiger charge is 2.28. The predicted molar refractivity (Wildman–Crippen MR) is 137 cm³/mol. The van der Waals surface area contributed by atoms with Gasteiger partial charge in [0.25, 0.3) is 0 Å². The molecule has 0 saturated carbocycles. The summed E-state index contributed by atoms with van der Waals surface area (Å²) in [5.74, 6) is -1.69. The first kappa shape index (κ1) is 23.8. The van der Waals surface area contributed by atoms with Crippen molar-refractivity contribution in [2.45, 2.75) is 38.2 Å². The monoisotopic (exact) mass is 487 g/mol. The molecule has 1 N–H and O–H groups in total. The number of fused-ring (bicyclic) bond motifs is 2. The van der Waals surface area contributed by atoms with Gasteiger partial charge in [-0.3, -0.25) is 0 Å². The molecule has 2 atom stereocenters. The van der Waals surface area contributed by atoms with E-state index in [1.165, 1.54) is 40.6 Å². The molecule has 0 saturated heterocycles. The summed E-state index contributed by atoms with van der Waals surface area (Å²) in [7, 11) is 0. The Labute approximate surface area is 208 Å². The highest BCUT2D eigenvalue weighted by molar-refractivity contribution is 5.90. The third kappa shape index (κ3) is 4.76. The van der Waals surface area contributed by atoms with Crippen molar-refractivity contribution in [3.63, 3.8) is 0 Å². The lowest BCUT2D eigenvalue weighted by Crippen LogP contribution is -2.37. The molecule has 0 amide bonds. The van der Waals surface area contributed by atoms with E-state index >= 15 is 0 Å². The van der Waals surface area contributed by atoms with Crippen molar-refractivity contribution in [2.24, 2.45) is 0 Å². The topological polar surface area (TPSA) is 49.8 Å². The van der Waals surface area contributed by atoms with Gasteiger partial charge >= 0.3 is 5.97 Å². The molecule has 0 spiro atoms. The molecule has 4 aromatic rings. The number of ether oxygens (including phenoxy) is 1. The molecule has 5 rings (SSSR count). The van der Waals surface area contributed by atoms with Crippen LogP contribution < -0.4 is 9.64 Å². The van der Waals surface area contributed by atoms with E-state index in [-0.39, 0.29) is 6.10 Å². The lowest BCUT2D eigenvalue weighted by Gasteiger charge is -2.36. The van der Waals surface area contributed by atoms with Gasteiger partial charge in [-0.2, -0.15) is 0 Å². The van der Waals surface area contributed by atoms with Gasteiger partial charge in [0.15, 0.2) is 0 Å². The number of carboxylic acid groups (broad SMARTS) is 1. The van der Waals surface area contributed by atoms with Crippen LogP contribution >= 0.6 is 0 Å². The number of carbonyl (C=O) groups is 1. The lowest BCUT2D eigenvalue weighted by atomic mass is 9.90. The molecule has 0 aromatic heterocycles. The van der Waals surface area contributed by atoms with Crippen molar-refractivity contribution in [1.82, 2.24) is 0 Å². The maximum Gasteiger partial charge on any atom is 0.338 e. The Bertz CT molecular complexity index is 1420. The molecule has 0 radical (unpaired) electrons. The van der Waals surface area contributed by atoms with E-state index in [1.54, 1.807) is 6.07 Å². The molecule has 0 fully saturated rings. The van der Waals surface area contributed by atoms with Crippen LogP contribution in [0.3, 0.4) is 0 Å². The molecule has 6 heteroatoms. The summed E-state index contributed by atoms with van der Waals surface area (Å²) in [5, 5.41) is 11.9. The zero-order chi connectivity index (χ0) is 25.2. The minimum atomic E-state index is -1.35. The standard InChI is InChI=1S/C30H27F2NO3/c1-19(24-11-5-8-20-7-2-3-10-25(20)24)6-4-9-23-18-33(28-16-21(31)12-15-29(28)36-23)22-13-14-27(32)26(17-22)30(34)35/h2-3,5,7-8,10-17,19,23H,4,6,9,18H2,1H3,(H,34,35)/t19-,23?/m0/s1. The van der Waals surface area contributed by atoms with Gasteiger partial charge in [0.1, 0.15) is 23.5 Å². The number of rotatable bonds is 7. The van der Waals surface area contributed by atoms with Gasteiger partial charge in [0, 0.05) is 11.8 Å². The Balaban J connectivity index is 1.34. The largest absolute Gasteiger partial charge is 0.486 e. The summed E-state index contributed by atoms with van der Waals surface area (Å²) in [6, 6.07) is 23.0. The fourth-order valence-electron chi connectivity index (χ4n) is 5.05. The van der Waals surface area contributed by atoms with Crippen LogP contribution in [-0.2, 0) is 0 Å². The highest BCUT2D eigenvalue weighted by Crippen LogP contribution is 2.40. The molecule has 4 nitrogen and oxygen atoms in total. The number of benzene rings is 4. The summed E-state index contributed by atoms with van der Waals surface area (Å²) in [4.78, 5) is 13.3. The van der Waals surface area contributed by atoms with Crippen LogP contribution in [0.25, 0.3) is 10.8 Å². The molecule has 0 aliphatic carbocycles. The van der Waals surface area contributed by atoms with Gasteiger partial charge in [-0.25, -0.2) is 13.6 Å². The molecule has 0 bridgehead atoms. The van der Waals surface area contributed by atoms with Gasteiger partial charge in [0.2, 0.25) is 0 Å². The van der Waals surface area contributed by atoms with E-state index < -0.39 is 23.2 Å². The minimum Gasteiger partial charge on any atom is -0.486 e. The van der Waals surface area contributed by atoms with Crippen molar-refractivity contribution in [3.8, 4) is 5.75 Å². The van der Waals surface area contributed by atoms with Crippen LogP contribution in [0, 0.1) is 11.6 Å². The Morgan fingerprint density at radius 2 is 1.86 bits per heavy atom. The number of hydrogen-bond acceptors (Lipinski definition) is 3. The van der Waals surface area contributed by atoms with Crippen LogP contribution in [-0.4, -0.2) is 23.7 Å². The average Bonchev–Trinajstić information content (AvgIpc) is 2.88. The van der Waals surface area contributed by atoms with Gasteiger partial charge in [-0.15, -0.1) is 0 Å². The van der Waals surface area contributed by atoms with Crippen molar-refractivity contribution in [1.29, 1.82) is 0 Å². The number of anilines is 2. The van der Waals surface area contributed by atoms with Crippen molar-refractivity contribution in [2.75, 3.05) is 11.4 Å². The van der Waals surface area contributed by atoms with Crippen molar-refractivity contribution >= 4 is 28.1 Å². The normalized spacial score (nSPS) is 15.9. The van der Waals surface area contributed by atoms with Crippen LogP contribution in [0.4, 0.5) is 20.2 Å². The van der Waals surface area contributed by atoms with Crippen LogP contribution in [0.5, 0.6) is 5.75 Å². The van der Waals surface area contributed by atoms with Crippen molar-refractivity contribution < 1.29 is 23.4 Å². The smallest absolute Gasteiger partial charge is 0.338 e. The van der Waals surface area contributed by atoms with E-state index in [0.29, 0.717) is 29.6 Å². The molecule has 1 aliphatic rings. The Morgan fingerprint density at radius 3 is 2.69 bits per heavy atom. The first-order valence-corrected chi connectivity index (χ1v) is 12.1. The van der Waals surface area contributed by atoms with Crippen LogP contribution in [0.15, 0.2) is 78.9 Å². The SMILES string of the molecule is C[C@@H](CCCC1CN(c2ccc(F)c(C(=O)O)c2)c2cc(F)ccc2O1)c1cccc2ccccc12. The third-order valence-electron chi connectivity index (χ3n) is 6.90. The lowest BCUT2D eigenvalue weighted by molar-refractivity contribution is 0.0692. The molecule has 36 heavy (non-hydrogen) atoms. The van der Waals surface area contributed by atoms with E-state index in [4.69, 9.17) is 4.74 Å². The van der Waals surface area contributed by atoms with Crippen LogP contribution in [0.2, 0.25) is 0 Å². The first-order valence-electron chi connectivity index (χ1n) is 12.1. The molecular weight excluding hydrogens is 460 g/mol. The van der Waals surface area contributed by atoms with Crippen LogP contribution in [0.1, 0.15) is 48.0 Å². The van der Waals surface area contributed by atoms with E-state index in [9.17, 15) is 18.7 Å². The van der Waals surface area contributed by atoms with E-state index in [1.807, 2.05) is 11.0 Å². The molecular formula is C30H27F2NO3. The summed E-state index contributed by atoms with van der Waals surface area (Å²) in [6.07, 6.45) is 2.49. The fourth-order valence-corrected chi connectivity index (χ4v) is 5.05.